The number of rotatable bonds is 7. The van der Waals surface area contributed by atoms with Crippen LogP contribution in [0.15, 0.2) is 24.3 Å². The average Bonchev–Trinajstić information content (AvgIpc) is 2.31. The topological polar surface area (TPSA) is 0 Å². The molecule has 0 nitrogen and oxygen atoms in total. The third kappa shape index (κ3) is 4.32. The van der Waals surface area contributed by atoms with Crippen molar-refractivity contribution in [1.82, 2.24) is 0 Å². The lowest BCUT2D eigenvalue weighted by atomic mass is 10.1. The molecule has 0 unspecified atom stereocenters. The van der Waals surface area contributed by atoms with Crippen LogP contribution in [-0.2, 0) is 0 Å². The highest BCUT2D eigenvalue weighted by atomic mass is 31.1. The minimum absolute atomic E-state index is 0.166. The first kappa shape index (κ1) is 17.7. The van der Waals surface area contributed by atoms with Gasteiger partial charge in [-0.25, -0.2) is 0 Å². The Labute approximate surface area is 128 Å². The quantitative estimate of drug-likeness (QED) is 0.520. The molecule has 0 fully saturated rings. The molecule has 1 rings (SSSR count). The summed E-state index contributed by atoms with van der Waals surface area (Å²) in [7, 11) is -0.166. The van der Waals surface area contributed by atoms with Crippen LogP contribution in [0.25, 0.3) is 0 Å². The molecule has 0 saturated carbocycles. The third-order valence-electron chi connectivity index (χ3n) is 4.23. The predicted molar refractivity (Wildman–Crippen MR) is 95.7 cm³/mol. The zero-order valence-electron chi connectivity index (χ0n) is 14.6. The molecule has 0 heterocycles. The molecule has 0 aliphatic carbocycles. The maximum absolute atomic E-state index is 2.49. The fourth-order valence-electron chi connectivity index (χ4n) is 3.66. The average molecular weight is 292 g/mol. The van der Waals surface area contributed by atoms with E-state index in [4.69, 9.17) is 0 Å². The van der Waals surface area contributed by atoms with Crippen molar-refractivity contribution in [3.05, 3.63) is 29.8 Å². The van der Waals surface area contributed by atoms with Crippen LogP contribution in [0.5, 0.6) is 0 Å². The molecular formula is C19H33P. The van der Waals surface area contributed by atoms with Gasteiger partial charge < -0.3 is 0 Å². The van der Waals surface area contributed by atoms with Gasteiger partial charge in [-0.2, -0.15) is 0 Å². The Bertz CT molecular complexity index is 382. The van der Waals surface area contributed by atoms with Gasteiger partial charge in [0.05, 0.1) is 0 Å². The highest BCUT2D eigenvalue weighted by molar-refractivity contribution is 7.68. The van der Waals surface area contributed by atoms with Crippen LogP contribution in [0, 0.1) is 6.92 Å². The summed E-state index contributed by atoms with van der Waals surface area (Å²) in [6.07, 6.45) is 5.19. The molecule has 0 spiro atoms. The molecule has 1 aromatic carbocycles. The molecule has 0 radical (unpaired) electrons. The Morgan fingerprint density at radius 2 is 1.20 bits per heavy atom. The minimum Gasteiger partial charge on any atom is -0.0653 e. The molecular weight excluding hydrogens is 259 g/mol. The highest BCUT2D eigenvalue weighted by Gasteiger charge is 2.40. The van der Waals surface area contributed by atoms with Gasteiger partial charge in [0.2, 0.25) is 0 Å². The smallest absolute Gasteiger partial charge is 0.0106 e. The second-order valence-corrected chi connectivity index (χ2v) is 10.9. The SMILES string of the molecule is CCCC(C)(C)P(c1ccc(C)cc1)C(C)(C)CCC. The summed E-state index contributed by atoms with van der Waals surface area (Å²) in [5, 5.41) is 2.42. The molecule has 20 heavy (non-hydrogen) atoms. The van der Waals surface area contributed by atoms with Gasteiger partial charge in [-0.3, -0.25) is 0 Å². The second-order valence-electron chi connectivity index (χ2n) is 7.30. The van der Waals surface area contributed by atoms with Crippen LogP contribution >= 0.6 is 7.92 Å². The van der Waals surface area contributed by atoms with E-state index >= 15 is 0 Å². The van der Waals surface area contributed by atoms with E-state index in [0.29, 0.717) is 10.3 Å². The van der Waals surface area contributed by atoms with E-state index < -0.39 is 0 Å². The monoisotopic (exact) mass is 292 g/mol. The fourth-order valence-corrected chi connectivity index (χ4v) is 8.04. The summed E-state index contributed by atoms with van der Waals surface area (Å²) in [6.45, 7) is 16.8. The van der Waals surface area contributed by atoms with Gasteiger partial charge in [0.15, 0.2) is 0 Å². The van der Waals surface area contributed by atoms with Gasteiger partial charge >= 0.3 is 0 Å². The summed E-state index contributed by atoms with van der Waals surface area (Å²) >= 11 is 0. The second kappa shape index (κ2) is 7.08. The lowest BCUT2D eigenvalue weighted by molar-refractivity contribution is 0.563. The maximum Gasteiger partial charge on any atom is -0.0106 e. The first-order chi connectivity index (χ1) is 9.24. The Balaban J connectivity index is 3.23. The largest absolute Gasteiger partial charge is 0.0653 e. The van der Waals surface area contributed by atoms with E-state index in [1.54, 1.807) is 5.30 Å². The molecule has 0 atom stereocenters. The lowest BCUT2D eigenvalue weighted by Gasteiger charge is -2.46. The van der Waals surface area contributed by atoms with E-state index in [-0.39, 0.29) is 7.92 Å². The summed E-state index contributed by atoms with van der Waals surface area (Å²) < 4.78 is 0. The molecule has 0 aliphatic heterocycles. The van der Waals surface area contributed by atoms with Crippen LogP contribution in [0.1, 0.15) is 72.8 Å². The van der Waals surface area contributed by atoms with Gasteiger partial charge in [0.1, 0.15) is 0 Å². The Morgan fingerprint density at radius 1 is 0.800 bits per heavy atom. The molecule has 0 amide bonds. The molecule has 114 valence electrons. The predicted octanol–water partition coefficient (Wildman–Crippen LogP) is 6.26. The van der Waals surface area contributed by atoms with Gasteiger partial charge in [-0.15, -0.1) is 0 Å². The van der Waals surface area contributed by atoms with Gasteiger partial charge in [0.25, 0.3) is 0 Å². The number of hydrogen-bond acceptors (Lipinski definition) is 0. The van der Waals surface area contributed by atoms with E-state index in [1.807, 2.05) is 0 Å². The summed E-state index contributed by atoms with van der Waals surface area (Å²) in [5.74, 6) is 0. The molecule has 0 aliphatic rings. The standard InChI is InChI=1S/C19H33P/c1-8-14-18(4,5)20(19(6,7)15-9-2)17-12-10-16(3)11-13-17/h10-13H,8-9,14-15H2,1-7H3. The number of aryl methyl sites for hydroxylation is 1. The van der Waals surface area contributed by atoms with E-state index in [1.165, 1.54) is 31.2 Å². The number of benzene rings is 1. The van der Waals surface area contributed by atoms with Gasteiger partial charge in [-0.1, -0.05) is 92.1 Å². The maximum atomic E-state index is 2.49. The zero-order valence-corrected chi connectivity index (χ0v) is 15.5. The molecule has 0 bridgehead atoms. The molecule has 0 saturated heterocycles. The Hall–Kier alpha value is -0.350. The fraction of sp³-hybridized carbons (Fsp3) is 0.684. The highest BCUT2D eigenvalue weighted by Crippen LogP contribution is 2.61. The van der Waals surface area contributed by atoms with Crippen molar-refractivity contribution < 1.29 is 0 Å². The van der Waals surface area contributed by atoms with E-state index in [9.17, 15) is 0 Å². The molecule has 1 aromatic rings. The van der Waals surface area contributed by atoms with Crippen molar-refractivity contribution in [2.45, 2.75) is 84.5 Å². The molecule has 0 aromatic heterocycles. The van der Waals surface area contributed by atoms with Gasteiger partial charge in [-0.05, 0) is 35.4 Å². The van der Waals surface area contributed by atoms with Crippen LogP contribution in [0.4, 0.5) is 0 Å². The van der Waals surface area contributed by atoms with E-state index in [2.05, 4.69) is 72.7 Å². The third-order valence-corrected chi connectivity index (χ3v) is 7.91. The van der Waals surface area contributed by atoms with Crippen LogP contribution in [0.2, 0.25) is 0 Å². The van der Waals surface area contributed by atoms with Crippen molar-refractivity contribution in [1.29, 1.82) is 0 Å². The van der Waals surface area contributed by atoms with Crippen LogP contribution in [0.3, 0.4) is 0 Å². The van der Waals surface area contributed by atoms with Crippen molar-refractivity contribution >= 4 is 13.2 Å². The van der Waals surface area contributed by atoms with Gasteiger partial charge in [0, 0.05) is 0 Å². The normalized spacial score (nSPS) is 13.0. The molecule has 0 N–H and O–H groups in total. The Morgan fingerprint density at radius 3 is 1.55 bits per heavy atom. The van der Waals surface area contributed by atoms with Crippen molar-refractivity contribution in [2.75, 3.05) is 0 Å². The van der Waals surface area contributed by atoms with Crippen LogP contribution < -0.4 is 5.30 Å². The number of hydrogen-bond donors (Lipinski definition) is 0. The van der Waals surface area contributed by atoms with E-state index in [0.717, 1.165) is 0 Å². The summed E-state index contributed by atoms with van der Waals surface area (Å²) in [6, 6.07) is 9.34. The zero-order chi connectivity index (χ0) is 15.4. The Kier molecular flexibility index (Phi) is 6.26. The van der Waals surface area contributed by atoms with Crippen molar-refractivity contribution in [2.24, 2.45) is 0 Å². The van der Waals surface area contributed by atoms with Crippen molar-refractivity contribution in [3.8, 4) is 0 Å². The first-order valence-corrected chi connectivity index (χ1v) is 9.46. The summed E-state index contributed by atoms with van der Waals surface area (Å²) in [4.78, 5) is 0. The molecule has 1 heteroatoms. The summed E-state index contributed by atoms with van der Waals surface area (Å²) in [5.41, 5.74) is 1.37. The lowest BCUT2D eigenvalue weighted by Crippen LogP contribution is -2.35. The minimum atomic E-state index is -0.166. The first-order valence-electron chi connectivity index (χ1n) is 8.11. The van der Waals surface area contributed by atoms with Crippen LogP contribution in [-0.4, -0.2) is 10.3 Å². The van der Waals surface area contributed by atoms with Crippen molar-refractivity contribution in [3.63, 3.8) is 0 Å².